The van der Waals surface area contributed by atoms with Crippen molar-refractivity contribution in [1.82, 2.24) is 14.6 Å². The Kier molecular flexibility index (Phi) is 3.47. The highest BCUT2D eigenvalue weighted by atomic mass is 32.1. The van der Waals surface area contributed by atoms with Crippen molar-refractivity contribution in [2.45, 2.75) is 13.3 Å². The molecule has 0 bridgehead atoms. The molecule has 0 N–H and O–H groups in total. The number of benzene rings is 1. The minimum atomic E-state index is 0.474. The number of carbonyl (C=O) groups excluding carboxylic acids is 1. The lowest BCUT2D eigenvalue weighted by molar-refractivity contribution is 0.111. The lowest BCUT2D eigenvalue weighted by Crippen LogP contribution is -2.02. The molecular formula is C14H13N3O2S. The summed E-state index contributed by atoms with van der Waals surface area (Å²) in [4.78, 5) is 15.7. The molecule has 0 saturated heterocycles. The van der Waals surface area contributed by atoms with Crippen LogP contribution in [-0.4, -0.2) is 27.5 Å². The molecule has 20 heavy (non-hydrogen) atoms. The zero-order chi connectivity index (χ0) is 13.9. The minimum absolute atomic E-state index is 0.474. The maximum Gasteiger partial charge on any atom is 0.212 e. The molecule has 102 valence electrons. The van der Waals surface area contributed by atoms with Crippen molar-refractivity contribution < 1.29 is 9.53 Å². The number of aromatic nitrogens is 3. The van der Waals surface area contributed by atoms with Crippen molar-refractivity contribution in [2.24, 2.45) is 0 Å². The highest BCUT2D eigenvalue weighted by Crippen LogP contribution is 2.16. The molecule has 3 rings (SSSR count). The maximum absolute atomic E-state index is 10.8. The number of ether oxygens (including phenoxy) is 1. The fourth-order valence-electron chi connectivity index (χ4n) is 1.89. The first-order chi connectivity index (χ1) is 9.76. The SMILES string of the molecule is Cc1cccc(OCCc2nn3c(C=O)cnc3s2)c1. The molecule has 2 aromatic heterocycles. The number of rotatable bonds is 5. The molecule has 1 aromatic carbocycles. The summed E-state index contributed by atoms with van der Waals surface area (Å²) in [6.07, 6.45) is 2.98. The second-order valence-electron chi connectivity index (χ2n) is 4.41. The Morgan fingerprint density at radius 1 is 1.45 bits per heavy atom. The molecule has 2 heterocycles. The van der Waals surface area contributed by atoms with Crippen molar-refractivity contribution in [2.75, 3.05) is 6.61 Å². The van der Waals surface area contributed by atoms with E-state index in [-0.39, 0.29) is 0 Å². The summed E-state index contributed by atoms with van der Waals surface area (Å²) < 4.78 is 7.26. The summed E-state index contributed by atoms with van der Waals surface area (Å²) in [5, 5.41) is 5.26. The van der Waals surface area contributed by atoms with Gasteiger partial charge in [-0.25, -0.2) is 9.50 Å². The standard InChI is InChI=1S/C14H13N3O2S/c1-10-3-2-4-12(7-10)19-6-5-13-16-17-11(9-18)8-15-14(17)20-13/h2-4,7-9H,5-6H2,1H3. The molecule has 0 aliphatic rings. The number of hydrogen-bond donors (Lipinski definition) is 0. The van der Waals surface area contributed by atoms with Crippen LogP contribution in [-0.2, 0) is 6.42 Å². The summed E-state index contributed by atoms with van der Waals surface area (Å²) in [6.45, 7) is 2.58. The second-order valence-corrected chi connectivity index (χ2v) is 5.45. The van der Waals surface area contributed by atoms with Crippen LogP contribution in [0.5, 0.6) is 5.75 Å². The van der Waals surface area contributed by atoms with E-state index in [2.05, 4.69) is 10.1 Å². The molecule has 0 aliphatic heterocycles. The summed E-state index contributed by atoms with van der Waals surface area (Å²) in [6, 6.07) is 7.94. The molecule has 3 aromatic rings. The van der Waals surface area contributed by atoms with Crippen LogP contribution in [0.4, 0.5) is 0 Å². The molecule has 5 nitrogen and oxygen atoms in total. The third kappa shape index (κ3) is 2.55. The summed E-state index contributed by atoms with van der Waals surface area (Å²) in [5.41, 5.74) is 1.65. The fraction of sp³-hybridized carbons (Fsp3) is 0.214. The van der Waals surface area contributed by atoms with Crippen LogP contribution in [0.3, 0.4) is 0 Å². The highest BCUT2D eigenvalue weighted by Gasteiger charge is 2.09. The van der Waals surface area contributed by atoms with Gasteiger partial charge in [0.2, 0.25) is 4.96 Å². The number of imidazole rings is 1. The smallest absolute Gasteiger partial charge is 0.212 e. The number of nitrogens with zero attached hydrogens (tertiary/aromatic N) is 3. The van der Waals surface area contributed by atoms with Gasteiger partial charge >= 0.3 is 0 Å². The first-order valence-corrected chi connectivity index (χ1v) is 7.06. The van der Waals surface area contributed by atoms with Gasteiger partial charge in [0.15, 0.2) is 6.29 Å². The van der Waals surface area contributed by atoms with Crippen LogP contribution in [0.1, 0.15) is 21.1 Å². The Labute approximate surface area is 119 Å². The number of aryl methyl sites for hydroxylation is 1. The lowest BCUT2D eigenvalue weighted by Gasteiger charge is -2.04. The number of aldehydes is 1. The van der Waals surface area contributed by atoms with Crippen molar-refractivity contribution in [3.8, 4) is 5.75 Å². The van der Waals surface area contributed by atoms with Crippen LogP contribution >= 0.6 is 11.3 Å². The molecule has 0 radical (unpaired) electrons. The van der Waals surface area contributed by atoms with E-state index >= 15 is 0 Å². The van der Waals surface area contributed by atoms with Gasteiger partial charge in [-0.1, -0.05) is 23.5 Å². The van der Waals surface area contributed by atoms with Crippen molar-refractivity contribution in [3.05, 3.63) is 46.7 Å². The van der Waals surface area contributed by atoms with E-state index in [9.17, 15) is 4.79 Å². The first kappa shape index (κ1) is 12.8. The summed E-state index contributed by atoms with van der Waals surface area (Å²) >= 11 is 1.47. The second kappa shape index (κ2) is 5.42. The van der Waals surface area contributed by atoms with E-state index in [1.165, 1.54) is 23.1 Å². The molecule has 0 spiro atoms. The molecule has 0 saturated carbocycles. The zero-order valence-corrected chi connectivity index (χ0v) is 11.8. The van der Waals surface area contributed by atoms with E-state index in [1.807, 2.05) is 31.2 Å². The third-order valence-corrected chi connectivity index (χ3v) is 3.83. The van der Waals surface area contributed by atoms with Crippen LogP contribution in [0.15, 0.2) is 30.5 Å². The quantitative estimate of drug-likeness (QED) is 0.677. The largest absolute Gasteiger partial charge is 0.493 e. The molecule has 0 fully saturated rings. The monoisotopic (exact) mass is 287 g/mol. The number of carbonyl (C=O) groups is 1. The predicted octanol–water partition coefficient (Wildman–Crippen LogP) is 2.53. The Balaban J connectivity index is 1.65. The van der Waals surface area contributed by atoms with Gasteiger partial charge < -0.3 is 4.74 Å². The third-order valence-electron chi connectivity index (χ3n) is 2.85. The van der Waals surface area contributed by atoms with Crippen LogP contribution in [0.2, 0.25) is 0 Å². The molecular weight excluding hydrogens is 274 g/mol. The molecule has 0 aliphatic carbocycles. The van der Waals surface area contributed by atoms with Gasteiger partial charge in [0.05, 0.1) is 12.8 Å². The van der Waals surface area contributed by atoms with E-state index in [4.69, 9.17) is 4.74 Å². The normalized spacial score (nSPS) is 10.8. The maximum atomic E-state index is 10.8. The Morgan fingerprint density at radius 3 is 3.15 bits per heavy atom. The van der Waals surface area contributed by atoms with Gasteiger partial charge in [-0.05, 0) is 24.6 Å². The van der Waals surface area contributed by atoms with Crippen LogP contribution < -0.4 is 4.74 Å². The lowest BCUT2D eigenvalue weighted by atomic mass is 10.2. The van der Waals surface area contributed by atoms with E-state index in [1.54, 1.807) is 4.52 Å². The van der Waals surface area contributed by atoms with Gasteiger partial charge in [-0.2, -0.15) is 5.10 Å². The Morgan fingerprint density at radius 2 is 2.35 bits per heavy atom. The topological polar surface area (TPSA) is 56.5 Å². The van der Waals surface area contributed by atoms with Gasteiger partial charge in [0.25, 0.3) is 0 Å². The molecule has 0 amide bonds. The summed E-state index contributed by atoms with van der Waals surface area (Å²) in [5.74, 6) is 0.861. The number of fused-ring (bicyclic) bond motifs is 1. The van der Waals surface area contributed by atoms with Gasteiger partial charge in [0, 0.05) is 6.42 Å². The Hall–Kier alpha value is -2.21. The van der Waals surface area contributed by atoms with Crippen molar-refractivity contribution in [3.63, 3.8) is 0 Å². The van der Waals surface area contributed by atoms with E-state index in [0.29, 0.717) is 18.7 Å². The molecule has 0 atom stereocenters. The fourth-order valence-corrected chi connectivity index (χ4v) is 2.75. The minimum Gasteiger partial charge on any atom is -0.493 e. The van der Waals surface area contributed by atoms with Crippen LogP contribution in [0.25, 0.3) is 4.96 Å². The summed E-state index contributed by atoms with van der Waals surface area (Å²) in [7, 11) is 0. The average molecular weight is 287 g/mol. The van der Waals surface area contributed by atoms with Crippen LogP contribution in [0, 0.1) is 6.92 Å². The highest BCUT2D eigenvalue weighted by molar-refractivity contribution is 7.16. The van der Waals surface area contributed by atoms with Gasteiger partial charge in [-0.15, -0.1) is 0 Å². The number of hydrogen-bond acceptors (Lipinski definition) is 5. The average Bonchev–Trinajstić information content (AvgIpc) is 2.98. The van der Waals surface area contributed by atoms with Crippen molar-refractivity contribution >= 4 is 22.6 Å². The van der Waals surface area contributed by atoms with Crippen molar-refractivity contribution in [1.29, 1.82) is 0 Å². The predicted molar refractivity (Wildman–Crippen MR) is 76.6 cm³/mol. The van der Waals surface area contributed by atoms with E-state index in [0.717, 1.165) is 22.0 Å². The molecule has 6 heteroatoms. The zero-order valence-electron chi connectivity index (χ0n) is 10.9. The first-order valence-electron chi connectivity index (χ1n) is 6.24. The van der Waals surface area contributed by atoms with Gasteiger partial charge in [0.1, 0.15) is 16.5 Å². The van der Waals surface area contributed by atoms with Gasteiger partial charge in [-0.3, -0.25) is 4.79 Å². The molecule has 0 unspecified atom stereocenters. The Bertz CT molecular complexity index is 748. The van der Waals surface area contributed by atoms with E-state index < -0.39 is 0 Å².